The van der Waals surface area contributed by atoms with Gasteiger partial charge in [0.2, 0.25) is 0 Å². The Morgan fingerprint density at radius 1 is 1.28 bits per heavy atom. The standard InChI is InChI=1S/C21H32ClN5O.HI/c1-6-23-21(24-11-12-28-14-18-7-9-19(22)10-8-18)25-15(2)13-20-16(3)26-27(5)17(20)4;/h7-10,15H,6,11-14H2,1-5H3,(H2,23,24,25);1H. The van der Waals surface area contributed by atoms with Gasteiger partial charge in [0.1, 0.15) is 0 Å². The van der Waals surface area contributed by atoms with Gasteiger partial charge in [-0.2, -0.15) is 5.10 Å². The molecule has 1 atom stereocenters. The Morgan fingerprint density at radius 3 is 2.55 bits per heavy atom. The van der Waals surface area contributed by atoms with E-state index in [0.717, 1.165) is 35.2 Å². The molecule has 1 heterocycles. The fraction of sp³-hybridized carbons (Fsp3) is 0.524. The van der Waals surface area contributed by atoms with Crippen LogP contribution in [0, 0.1) is 13.8 Å². The highest BCUT2D eigenvalue weighted by molar-refractivity contribution is 14.0. The minimum Gasteiger partial charge on any atom is -0.375 e. The second kappa shape index (κ2) is 13.1. The van der Waals surface area contributed by atoms with Crippen LogP contribution in [0.1, 0.15) is 36.4 Å². The van der Waals surface area contributed by atoms with Gasteiger partial charge in [0.25, 0.3) is 0 Å². The maximum absolute atomic E-state index is 5.89. The highest BCUT2D eigenvalue weighted by Gasteiger charge is 2.13. The van der Waals surface area contributed by atoms with Gasteiger partial charge in [0.15, 0.2) is 5.96 Å². The number of halogens is 2. The molecule has 8 heteroatoms. The second-order valence-electron chi connectivity index (χ2n) is 6.96. The summed E-state index contributed by atoms with van der Waals surface area (Å²) >= 11 is 5.89. The molecule has 1 aromatic carbocycles. The molecule has 0 radical (unpaired) electrons. The van der Waals surface area contributed by atoms with Crippen molar-refractivity contribution in [3.8, 4) is 0 Å². The third kappa shape index (κ3) is 8.52. The van der Waals surface area contributed by atoms with E-state index in [9.17, 15) is 0 Å². The molecule has 0 saturated heterocycles. The number of hydrogen-bond acceptors (Lipinski definition) is 3. The summed E-state index contributed by atoms with van der Waals surface area (Å²) in [5.41, 5.74) is 4.70. The number of rotatable bonds is 9. The zero-order chi connectivity index (χ0) is 20.5. The van der Waals surface area contributed by atoms with Crippen LogP contribution in [-0.2, 0) is 24.8 Å². The number of ether oxygens (including phenoxy) is 1. The molecule has 0 aliphatic carbocycles. The van der Waals surface area contributed by atoms with Gasteiger partial charge in [-0.1, -0.05) is 23.7 Å². The number of benzene rings is 1. The Labute approximate surface area is 196 Å². The van der Waals surface area contributed by atoms with Crippen LogP contribution in [-0.4, -0.2) is 41.5 Å². The Bertz CT molecular complexity index is 776. The van der Waals surface area contributed by atoms with E-state index in [2.05, 4.69) is 48.4 Å². The van der Waals surface area contributed by atoms with E-state index >= 15 is 0 Å². The zero-order valence-electron chi connectivity index (χ0n) is 18.0. The first-order valence-corrected chi connectivity index (χ1v) is 10.1. The van der Waals surface area contributed by atoms with Gasteiger partial charge in [-0.15, -0.1) is 24.0 Å². The molecule has 29 heavy (non-hydrogen) atoms. The van der Waals surface area contributed by atoms with Gasteiger partial charge in [-0.25, -0.2) is 0 Å². The second-order valence-corrected chi connectivity index (χ2v) is 7.40. The SMILES string of the molecule is CCNC(=NCCOCc1ccc(Cl)cc1)NC(C)Cc1c(C)nn(C)c1C.I. The van der Waals surface area contributed by atoms with Crippen molar-refractivity contribution in [1.29, 1.82) is 0 Å². The zero-order valence-corrected chi connectivity index (χ0v) is 21.0. The Balaban J connectivity index is 0.00000420. The van der Waals surface area contributed by atoms with Crippen LogP contribution >= 0.6 is 35.6 Å². The Morgan fingerprint density at radius 2 is 1.97 bits per heavy atom. The molecular weight excluding hydrogens is 501 g/mol. The first-order valence-electron chi connectivity index (χ1n) is 9.76. The molecule has 6 nitrogen and oxygen atoms in total. The lowest BCUT2D eigenvalue weighted by Gasteiger charge is -2.18. The topological polar surface area (TPSA) is 63.5 Å². The minimum absolute atomic E-state index is 0. The maximum atomic E-state index is 5.89. The summed E-state index contributed by atoms with van der Waals surface area (Å²) in [5.74, 6) is 0.810. The normalized spacial score (nSPS) is 12.4. The lowest BCUT2D eigenvalue weighted by molar-refractivity contribution is 0.128. The van der Waals surface area contributed by atoms with Crippen LogP contribution in [0.2, 0.25) is 5.02 Å². The first kappa shape index (κ1) is 25.7. The highest BCUT2D eigenvalue weighted by Crippen LogP contribution is 2.14. The number of aromatic nitrogens is 2. The molecule has 0 saturated carbocycles. The maximum Gasteiger partial charge on any atom is 0.191 e. The lowest BCUT2D eigenvalue weighted by atomic mass is 10.1. The van der Waals surface area contributed by atoms with Gasteiger partial charge < -0.3 is 15.4 Å². The molecule has 2 N–H and O–H groups in total. The van der Waals surface area contributed by atoms with Crippen LogP contribution in [0.4, 0.5) is 0 Å². The van der Waals surface area contributed by atoms with Crippen molar-refractivity contribution in [3.05, 3.63) is 51.8 Å². The molecule has 0 spiro atoms. The quantitative estimate of drug-likeness (QED) is 0.221. The average molecular weight is 534 g/mol. The highest BCUT2D eigenvalue weighted by atomic mass is 127. The van der Waals surface area contributed by atoms with Crippen LogP contribution in [0.25, 0.3) is 0 Å². The molecule has 0 aliphatic heterocycles. The van der Waals surface area contributed by atoms with Crippen molar-refractivity contribution in [3.63, 3.8) is 0 Å². The Kier molecular flexibility index (Phi) is 11.6. The number of guanidine groups is 1. The van der Waals surface area contributed by atoms with Gasteiger partial charge >= 0.3 is 0 Å². The molecule has 1 unspecified atom stereocenters. The van der Waals surface area contributed by atoms with E-state index in [1.165, 1.54) is 11.3 Å². The van der Waals surface area contributed by atoms with Crippen molar-refractivity contribution in [2.75, 3.05) is 19.7 Å². The molecule has 0 aliphatic rings. The number of nitrogens with one attached hydrogen (secondary N) is 2. The van der Waals surface area contributed by atoms with E-state index in [0.29, 0.717) is 19.8 Å². The van der Waals surface area contributed by atoms with Gasteiger partial charge in [-0.3, -0.25) is 9.67 Å². The van der Waals surface area contributed by atoms with E-state index in [1.54, 1.807) is 0 Å². The fourth-order valence-electron chi connectivity index (χ4n) is 3.02. The lowest BCUT2D eigenvalue weighted by Crippen LogP contribution is -2.43. The number of hydrogen-bond donors (Lipinski definition) is 2. The largest absolute Gasteiger partial charge is 0.375 e. The third-order valence-electron chi connectivity index (χ3n) is 4.58. The predicted octanol–water partition coefficient (Wildman–Crippen LogP) is 4.01. The molecule has 1 aromatic heterocycles. The summed E-state index contributed by atoms with van der Waals surface area (Å²) in [6.45, 7) is 10.9. The van der Waals surface area contributed by atoms with Crippen LogP contribution in [0.5, 0.6) is 0 Å². The minimum atomic E-state index is 0. The monoisotopic (exact) mass is 533 g/mol. The Hall–Kier alpha value is -1.32. The van der Waals surface area contributed by atoms with E-state index in [-0.39, 0.29) is 30.0 Å². The number of nitrogens with zero attached hydrogens (tertiary/aromatic N) is 3. The van der Waals surface area contributed by atoms with Crippen LogP contribution in [0.3, 0.4) is 0 Å². The van der Waals surface area contributed by atoms with Crippen molar-refractivity contribution in [2.24, 2.45) is 12.0 Å². The molecular formula is C21H33ClIN5O. The summed E-state index contributed by atoms with van der Waals surface area (Å²) in [5, 5.41) is 12.0. The molecule has 0 bridgehead atoms. The molecule has 0 fully saturated rings. The van der Waals surface area contributed by atoms with E-state index in [4.69, 9.17) is 16.3 Å². The summed E-state index contributed by atoms with van der Waals surface area (Å²) in [6, 6.07) is 7.94. The molecule has 2 rings (SSSR count). The van der Waals surface area contributed by atoms with E-state index in [1.807, 2.05) is 36.0 Å². The average Bonchev–Trinajstić information content (AvgIpc) is 2.89. The molecule has 0 amide bonds. The third-order valence-corrected chi connectivity index (χ3v) is 4.84. The fourth-order valence-corrected chi connectivity index (χ4v) is 3.14. The van der Waals surface area contributed by atoms with Crippen LogP contribution in [0.15, 0.2) is 29.3 Å². The van der Waals surface area contributed by atoms with Gasteiger partial charge in [0.05, 0.1) is 25.5 Å². The first-order chi connectivity index (χ1) is 13.4. The molecule has 2 aromatic rings. The van der Waals surface area contributed by atoms with Gasteiger partial charge in [-0.05, 0) is 57.4 Å². The van der Waals surface area contributed by atoms with Crippen molar-refractivity contribution < 1.29 is 4.74 Å². The van der Waals surface area contributed by atoms with Crippen LogP contribution < -0.4 is 10.6 Å². The van der Waals surface area contributed by atoms with Crippen molar-refractivity contribution in [1.82, 2.24) is 20.4 Å². The summed E-state index contributed by atoms with van der Waals surface area (Å²) < 4.78 is 7.65. The summed E-state index contributed by atoms with van der Waals surface area (Å²) in [7, 11) is 1.99. The van der Waals surface area contributed by atoms with Gasteiger partial charge in [0, 0.05) is 30.4 Å². The number of aliphatic imine (C=N–C) groups is 1. The predicted molar refractivity (Wildman–Crippen MR) is 131 cm³/mol. The summed E-state index contributed by atoms with van der Waals surface area (Å²) in [6.07, 6.45) is 0.906. The molecule has 162 valence electrons. The summed E-state index contributed by atoms with van der Waals surface area (Å²) in [4.78, 5) is 4.62. The van der Waals surface area contributed by atoms with Crippen molar-refractivity contribution >= 4 is 41.5 Å². The van der Waals surface area contributed by atoms with Crippen molar-refractivity contribution in [2.45, 2.75) is 46.8 Å². The smallest absolute Gasteiger partial charge is 0.191 e. The number of aryl methyl sites for hydroxylation is 2. The van der Waals surface area contributed by atoms with E-state index < -0.39 is 0 Å².